The van der Waals surface area contributed by atoms with E-state index in [0.717, 1.165) is 17.9 Å². The SMILES string of the molecule is Cn1nc(CC(C)(C)C)[n+](-c2ccccc2)n1. The maximum atomic E-state index is 4.44. The zero-order chi connectivity index (χ0) is 12.5. The first-order chi connectivity index (χ1) is 7.96. The molecule has 0 N–H and O–H groups in total. The lowest BCUT2D eigenvalue weighted by Crippen LogP contribution is -2.39. The Hall–Kier alpha value is -1.71. The quantitative estimate of drug-likeness (QED) is 0.737. The van der Waals surface area contributed by atoms with E-state index < -0.39 is 0 Å². The van der Waals surface area contributed by atoms with Crippen LogP contribution in [0.25, 0.3) is 5.69 Å². The van der Waals surface area contributed by atoms with Gasteiger partial charge in [0.1, 0.15) is 12.7 Å². The molecule has 4 nitrogen and oxygen atoms in total. The van der Waals surface area contributed by atoms with Crippen LogP contribution < -0.4 is 4.68 Å². The van der Waals surface area contributed by atoms with E-state index in [4.69, 9.17) is 0 Å². The molecule has 0 fully saturated rings. The van der Waals surface area contributed by atoms with E-state index >= 15 is 0 Å². The molecule has 0 saturated carbocycles. The van der Waals surface area contributed by atoms with Gasteiger partial charge in [-0.1, -0.05) is 39.0 Å². The summed E-state index contributed by atoms with van der Waals surface area (Å²) in [5.41, 5.74) is 1.26. The Kier molecular flexibility index (Phi) is 2.96. The van der Waals surface area contributed by atoms with E-state index in [1.54, 1.807) is 4.80 Å². The number of hydrogen-bond donors (Lipinski definition) is 0. The summed E-state index contributed by atoms with van der Waals surface area (Å²) in [6.07, 6.45) is 0.899. The molecule has 0 aliphatic carbocycles. The molecule has 0 atom stereocenters. The fourth-order valence-electron chi connectivity index (χ4n) is 1.76. The van der Waals surface area contributed by atoms with Crippen LogP contribution in [0.1, 0.15) is 26.6 Å². The molecular weight excluding hydrogens is 212 g/mol. The van der Waals surface area contributed by atoms with Crippen LogP contribution in [0.5, 0.6) is 0 Å². The monoisotopic (exact) mass is 231 g/mol. The Morgan fingerprint density at radius 1 is 1.18 bits per heavy atom. The van der Waals surface area contributed by atoms with Gasteiger partial charge in [0, 0.05) is 6.42 Å². The van der Waals surface area contributed by atoms with Crippen molar-refractivity contribution in [3.8, 4) is 5.69 Å². The van der Waals surface area contributed by atoms with E-state index in [1.807, 2.05) is 42.1 Å². The number of benzene rings is 1. The minimum atomic E-state index is 0.201. The van der Waals surface area contributed by atoms with Crippen molar-refractivity contribution in [3.05, 3.63) is 36.2 Å². The van der Waals surface area contributed by atoms with E-state index in [0.29, 0.717) is 0 Å². The predicted octanol–water partition coefficient (Wildman–Crippen LogP) is 1.68. The second-order valence-electron chi connectivity index (χ2n) is 5.48. The largest absolute Gasteiger partial charge is 0.304 e. The fraction of sp³-hybridized carbons (Fsp3) is 0.462. The first kappa shape index (κ1) is 11.8. The van der Waals surface area contributed by atoms with Crippen molar-refractivity contribution in [2.45, 2.75) is 27.2 Å². The molecule has 0 spiro atoms. The molecule has 2 rings (SSSR count). The van der Waals surface area contributed by atoms with E-state index in [-0.39, 0.29) is 5.41 Å². The Labute approximate surface area is 102 Å². The molecule has 0 saturated heterocycles. The van der Waals surface area contributed by atoms with Crippen LogP contribution >= 0.6 is 0 Å². The number of aryl methyl sites for hydroxylation is 1. The van der Waals surface area contributed by atoms with Crippen LogP contribution in [-0.2, 0) is 13.5 Å². The van der Waals surface area contributed by atoms with Crippen molar-refractivity contribution in [1.29, 1.82) is 0 Å². The first-order valence-corrected chi connectivity index (χ1v) is 5.84. The molecular formula is C13H19N4+. The van der Waals surface area contributed by atoms with Gasteiger partial charge in [0.2, 0.25) is 0 Å². The third kappa shape index (κ3) is 2.90. The maximum Gasteiger partial charge on any atom is 0.304 e. The summed E-state index contributed by atoms with van der Waals surface area (Å²) >= 11 is 0. The van der Waals surface area contributed by atoms with Crippen LogP contribution in [0.15, 0.2) is 30.3 Å². The summed E-state index contributed by atoms with van der Waals surface area (Å²) in [6.45, 7) is 6.62. The molecule has 90 valence electrons. The van der Waals surface area contributed by atoms with Crippen LogP contribution in [0.4, 0.5) is 0 Å². The van der Waals surface area contributed by atoms with Gasteiger partial charge in [0.15, 0.2) is 0 Å². The molecule has 2 aromatic rings. The molecule has 1 heterocycles. The molecule has 0 unspecified atom stereocenters. The molecule has 0 aliphatic heterocycles. The van der Waals surface area contributed by atoms with Crippen LogP contribution in [0.3, 0.4) is 0 Å². The van der Waals surface area contributed by atoms with Crippen LogP contribution in [0, 0.1) is 5.41 Å². The maximum absolute atomic E-state index is 4.44. The van der Waals surface area contributed by atoms with Gasteiger partial charge < -0.3 is 0 Å². The highest BCUT2D eigenvalue weighted by atomic mass is 15.6. The summed E-state index contributed by atoms with van der Waals surface area (Å²) in [5, 5.41) is 8.83. The van der Waals surface area contributed by atoms with Crippen molar-refractivity contribution < 1.29 is 4.68 Å². The van der Waals surface area contributed by atoms with Crippen molar-refractivity contribution in [1.82, 2.24) is 15.1 Å². The Balaban J connectivity index is 2.41. The van der Waals surface area contributed by atoms with Crippen molar-refractivity contribution >= 4 is 0 Å². The number of hydrogen-bond acceptors (Lipinski definition) is 2. The van der Waals surface area contributed by atoms with Gasteiger partial charge in [-0.25, -0.2) is 0 Å². The average Bonchev–Trinajstić information content (AvgIpc) is 2.58. The molecule has 1 aromatic carbocycles. The lowest BCUT2D eigenvalue weighted by Gasteiger charge is -2.13. The van der Waals surface area contributed by atoms with Gasteiger partial charge in [0.25, 0.3) is 0 Å². The minimum absolute atomic E-state index is 0.201. The van der Waals surface area contributed by atoms with Crippen molar-refractivity contribution in [3.63, 3.8) is 0 Å². The van der Waals surface area contributed by atoms with Gasteiger partial charge in [-0.15, -0.1) is 4.68 Å². The van der Waals surface area contributed by atoms with E-state index in [9.17, 15) is 0 Å². The highest BCUT2D eigenvalue weighted by molar-refractivity contribution is 5.20. The highest BCUT2D eigenvalue weighted by Gasteiger charge is 2.24. The van der Waals surface area contributed by atoms with Gasteiger partial charge in [-0.2, -0.15) is 0 Å². The zero-order valence-corrected chi connectivity index (χ0v) is 10.9. The molecule has 0 amide bonds. The molecule has 17 heavy (non-hydrogen) atoms. The topological polar surface area (TPSA) is 34.6 Å². The predicted molar refractivity (Wildman–Crippen MR) is 65.7 cm³/mol. The number of nitrogens with zero attached hydrogens (tertiary/aromatic N) is 4. The van der Waals surface area contributed by atoms with Gasteiger partial charge in [0.05, 0.1) is 10.3 Å². The molecule has 4 heteroatoms. The summed E-state index contributed by atoms with van der Waals surface area (Å²) < 4.78 is 1.91. The summed E-state index contributed by atoms with van der Waals surface area (Å²) in [6, 6.07) is 10.1. The summed E-state index contributed by atoms with van der Waals surface area (Å²) in [5.74, 6) is 0.992. The third-order valence-electron chi connectivity index (χ3n) is 2.41. The standard InChI is InChI=1S/C13H19N4/c1-13(2,3)10-12-14-16(4)15-17(12)11-8-6-5-7-9-11/h5-9H,10H2,1-4H3/q+1. The van der Waals surface area contributed by atoms with E-state index in [1.165, 1.54) is 0 Å². The second-order valence-corrected chi connectivity index (χ2v) is 5.48. The lowest BCUT2D eigenvalue weighted by molar-refractivity contribution is -0.670. The number of tetrazole rings is 1. The minimum Gasteiger partial charge on any atom is -0.102 e. The zero-order valence-electron chi connectivity index (χ0n) is 10.9. The van der Waals surface area contributed by atoms with Crippen LogP contribution in [0.2, 0.25) is 0 Å². The third-order valence-corrected chi connectivity index (χ3v) is 2.41. The van der Waals surface area contributed by atoms with Gasteiger partial charge in [-0.3, -0.25) is 0 Å². The summed E-state index contributed by atoms with van der Waals surface area (Å²) in [4.78, 5) is 1.62. The second kappa shape index (κ2) is 4.28. The number of para-hydroxylation sites is 1. The Morgan fingerprint density at radius 2 is 1.82 bits per heavy atom. The van der Waals surface area contributed by atoms with E-state index in [2.05, 4.69) is 31.1 Å². The molecule has 0 aliphatic rings. The molecule has 0 bridgehead atoms. The lowest BCUT2D eigenvalue weighted by atomic mass is 9.92. The van der Waals surface area contributed by atoms with Gasteiger partial charge in [-0.05, 0) is 22.3 Å². The Bertz CT molecular complexity index is 494. The number of aromatic nitrogens is 4. The van der Waals surface area contributed by atoms with Crippen LogP contribution in [-0.4, -0.2) is 15.1 Å². The highest BCUT2D eigenvalue weighted by Crippen LogP contribution is 2.17. The Morgan fingerprint density at radius 3 is 2.41 bits per heavy atom. The first-order valence-electron chi connectivity index (χ1n) is 5.84. The fourth-order valence-corrected chi connectivity index (χ4v) is 1.76. The summed E-state index contributed by atoms with van der Waals surface area (Å²) in [7, 11) is 1.85. The molecule has 1 aromatic heterocycles. The average molecular weight is 231 g/mol. The normalized spacial score (nSPS) is 11.8. The van der Waals surface area contributed by atoms with Gasteiger partial charge >= 0.3 is 5.82 Å². The molecule has 0 radical (unpaired) electrons. The van der Waals surface area contributed by atoms with Crippen molar-refractivity contribution in [2.24, 2.45) is 12.5 Å². The number of rotatable bonds is 2. The smallest absolute Gasteiger partial charge is 0.102 e. The van der Waals surface area contributed by atoms with Crippen molar-refractivity contribution in [2.75, 3.05) is 0 Å².